The molecule has 0 fully saturated rings. The van der Waals surface area contributed by atoms with Crippen LogP contribution in [0.3, 0.4) is 0 Å². The second kappa shape index (κ2) is 11.3. The van der Waals surface area contributed by atoms with Crippen LogP contribution in [0.5, 0.6) is 0 Å². The van der Waals surface area contributed by atoms with E-state index in [4.69, 9.17) is 12.9 Å². The number of rotatable bonds is 18. The SMILES string of the molecule is O=P(OP(CO)(CO)(CO)CO)(OP(CO)(CO)(CO)CO)OP(CO)(CO)(CO)CO. The van der Waals surface area contributed by atoms with E-state index in [2.05, 4.69) is 0 Å². The van der Waals surface area contributed by atoms with Crippen molar-refractivity contribution in [2.24, 2.45) is 0 Å². The number of phosphoric acid groups is 1. The first-order valence-electron chi connectivity index (χ1n) is 8.87. The summed E-state index contributed by atoms with van der Waals surface area (Å²) in [6.45, 7) is -15.4. The van der Waals surface area contributed by atoms with Crippen LogP contribution in [0.25, 0.3) is 0 Å². The molecule has 0 radical (unpaired) electrons. The van der Waals surface area contributed by atoms with Gasteiger partial charge in [0.2, 0.25) is 0 Å². The maximum absolute atomic E-state index is 13.9. The van der Waals surface area contributed by atoms with Crippen molar-refractivity contribution in [2.75, 3.05) is 76.2 Å². The molecule has 12 N–H and O–H groups in total. The third kappa shape index (κ3) is 5.66. The quantitative estimate of drug-likeness (QED) is 0.0741. The fourth-order valence-electron chi connectivity index (χ4n) is 2.01. The predicted molar refractivity (Wildman–Crippen MR) is 117 cm³/mol. The zero-order valence-corrected chi connectivity index (χ0v) is 20.9. The Kier molecular flexibility index (Phi) is 11.6. The Balaban J connectivity index is 7.17. The van der Waals surface area contributed by atoms with E-state index in [-0.39, 0.29) is 0 Å². The summed E-state index contributed by atoms with van der Waals surface area (Å²) in [5, 5.41) is 118. The number of hydrogen-bond acceptors (Lipinski definition) is 16. The summed E-state index contributed by atoms with van der Waals surface area (Å²) in [7, 11) is -5.72. The molecule has 32 heavy (non-hydrogen) atoms. The molecular weight excluding hydrogens is 524 g/mol. The Morgan fingerprint density at radius 2 is 0.500 bits per heavy atom. The molecule has 0 amide bonds. The number of aliphatic hydroxyl groups is 12. The van der Waals surface area contributed by atoms with Gasteiger partial charge in [0, 0.05) is 0 Å². The minimum atomic E-state index is -5.72. The third-order valence-electron chi connectivity index (χ3n) is 5.29. The standard InChI is InChI=1S/C12H36O16P4/c13-1-30(2-14,3-15,4-16)26-29(25,27-31(5-17,6-18,7-19)8-20)28-32(9-21,10-22,11-23)12-24/h13-24H,1-12H2. The summed E-state index contributed by atoms with van der Waals surface area (Å²) in [6.07, 6.45) is -15.9. The molecule has 0 aromatic rings. The molecule has 0 aliphatic heterocycles. The van der Waals surface area contributed by atoms with Crippen LogP contribution in [0.4, 0.5) is 0 Å². The first-order chi connectivity index (χ1) is 14.8. The van der Waals surface area contributed by atoms with E-state index in [0.29, 0.717) is 0 Å². The van der Waals surface area contributed by atoms with Crippen molar-refractivity contribution >= 4 is 28.3 Å². The van der Waals surface area contributed by atoms with E-state index in [0.717, 1.165) is 0 Å². The third-order valence-corrected chi connectivity index (χ3v) is 21.8. The van der Waals surface area contributed by atoms with Crippen molar-refractivity contribution < 1.29 is 78.8 Å². The van der Waals surface area contributed by atoms with Crippen LogP contribution in [0.1, 0.15) is 0 Å². The van der Waals surface area contributed by atoms with E-state index < -0.39 is 104 Å². The van der Waals surface area contributed by atoms with Crippen LogP contribution < -0.4 is 0 Å². The van der Waals surface area contributed by atoms with Crippen LogP contribution in [0, 0.1) is 0 Å². The number of aliphatic hydroxyl groups excluding tert-OH is 12. The molecule has 0 aromatic carbocycles. The first kappa shape index (κ1) is 32.9. The molecule has 0 aromatic heterocycles. The Hall–Kier alpha value is 0.920. The summed E-state index contributed by atoms with van der Waals surface area (Å²) in [5.41, 5.74) is 0. The molecule has 0 unspecified atom stereocenters. The van der Waals surface area contributed by atoms with Gasteiger partial charge in [-0.25, -0.2) is 0 Å². The summed E-state index contributed by atoms with van der Waals surface area (Å²) >= 11 is 0. The van der Waals surface area contributed by atoms with Gasteiger partial charge in [-0.1, -0.05) is 0 Å². The Morgan fingerprint density at radius 3 is 0.594 bits per heavy atom. The van der Waals surface area contributed by atoms with Gasteiger partial charge in [0.15, 0.2) is 0 Å². The molecule has 0 spiro atoms. The normalized spacial score (nSPS) is 19.2. The van der Waals surface area contributed by atoms with E-state index >= 15 is 0 Å². The van der Waals surface area contributed by atoms with Crippen molar-refractivity contribution in [2.45, 2.75) is 0 Å². The van der Waals surface area contributed by atoms with Gasteiger partial charge in [-0.3, -0.25) is 0 Å². The van der Waals surface area contributed by atoms with Gasteiger partial charge in [-0.2, -0.15) is 0 Å². The summed E-state index contributed by atoms with van der Waals surface area (Å²) in [4.78, 5) is 0. The van der Waals surface area contributed by atoms with Gasteiger partial charge in [0.05, 0.1) is 0 Å². The van der Waals surface area contributed by atoms with Crippen LogP contribution >= 0.6 is 28.3 Å². The molecule has 20 heteroatoms. The minimum absolute atomic E-state index is 1.33. The van der Waals surface area contributed by atoms with E-state index in [1.165, 1.54) is 0 Å². The van der Waals surface area contributed by atoms with Gasteiger partial charge in [-0.05, 0) is 0 Å². The van der Waals surface area contributed by atoms with Crippen molar-refractivity contribution in [1.82, 2.24) is 0 Å². The topological polar surface area (TPSA) is 288 Å². The fraction of sp³-hybridized carbons (Fsp3) is 1.00. The second-order valence-electron chi connectivity index (χ2n) is 7.96. The van der Waals surface area contributed by atoms with E-state index in [1.54, 1.807) is 0 Å². The average molecular weight is 560 g/mol. The average Bonchev–Trinajstić information content (AvgIpc) is 2.86. The van der Waals surface area contributed by atoms with Crippen LogP contribution in [-0.2, 0) is 17.5 Å². The van der Waals surface area contributed by atoms with Gasteiger partial charge in [0.1, 0.15) is 0 Å². The van der Waals surface area contributed by atoms with Gasteiger partial charge < -0.3 is 0 Å². The Labute approximate surface area is 183 Å². The molecule has 0 bridgehead atoms. The Bertz CT molecular complexity index is 495. The van der Waals surface area contributed by atoms with E-state index in [9.17, 15) is 65.8 Å². The van der Waals surface area contributed by atoms with Gasteiger partial charge in [-0.15, -0.1) is 0 Å². The predicted octanol–water partition coefficient (Wildman–Crippen LogP) is -3.05. The molecule has 0 heterocycles. The summed E-state index contributed by atoms with van der Waals surface area (Å²) in [5.74, 6) is 0. The van der Waals surface area contributed by atoms with Crippen molar-refractivity contribution in [3.05, 3.63) is 0 Å². The second-order valence-corrected chi connectivity index (χ2v) is 25.4. The molecule has 200 valence electrons. The molecule has 0 saturated heterocycles. The zero-order chi connectivity index (χ0) is 25.4. The van der Waals surface area contributed by atoms with Gasteiger partial charge >= 0.3 is 183 Å². The van der Waals surface area contributed by atoms with Crippen molar-refractivity contribution in [3.63, 3.8) is 0 Å². The molecule has 16 nitrogen and oxygen atoms in total. The maximum atomic E-state index is 13.9. The first-order valence-corrected chi connectivity index (χ1v) is 19.0. The zero-order valence-electron chi connectivity index (χ0n) is 17.3. The monoisotopic (exact) mass is 560 g/mol. The van der Waals surface area contributed by atoms with Gasteiger partial charge in [0.25, 0.3) is 0 Å². The van der Waals surface area contributed by atoms with Crippen molar-refractivity contribution in [3.8, 4) is 0 Å². The van der Waals surface area contributed by atoms with E-state index in [1.807, 2.05) is 0 Å². The molecule has 0 aliphatic carbocycles. The number of hydrogen-bond donors (Lipinski definition) is 12. The van der Waals surface area contributed by atoms with Crippen LogP contribution in [0.2, 0.25) is 0 Å². The fourth-order valence-corrected chi connectivity index (χ4v) is 14.0. The molecule has 0 aliphatic rings. The van der Waals surface area contributed by atoms with Crippen LogP contribution in [-0.4, -0.2) is 137 Å². The molecule has 0 atom stereocenters. The summed E-state index contributed by atoms with van der Waals surface area (Å²) in [6, 6.07) is 0. The molecule has 0 rings (SSSR count). The Morgan fingerprint density at radius 1 is 0.375 bits per heavy atom. The van der Waals surface area contributed by atoms with Crippen LogP contribution in [0.15, 0.2) is 0 Å². The molecular formula is C12H36O16P4. The molecule has 0 saturated carbocycles. The summed E-state index contributed by atoms with van der Waals surface area (Å²) < 4.78 is 29.5. The van der Waals surface area contributed by atoms with Crippen molar-refractivity contribution in [1.29, 1.82) is 0 Å².